The van der Waals surface area contributed by atoms with Crippen molar-refractivity contribution in [2.24, 2.45) is 0 Å². The second-order valence-corrected chi connectivity index (χ2v) is 6.85. The normalized spacial score (nSPS) is 12.3. The summed E-state index contributed by atoms with van der Waals surface area (Å²) in [6.07, 6.45) is -0.797. The Bertz CT molecular complexity index is 1120. The van der Waals surface area contributed by atoms with E-state index in [1.54, 1.807) is 19.1 Å². The first kappa shape index (κ1) is 17.3. The van der Waals surface area contributed by atoms with Crippen LogP contribution in [0.4, 0.5) is 8.78 Å². The predicted molar refractivity (Wildman–Crippen MR) is 95.3 cm³/mol. The van der Waals surface area contributed by atoms with Crippen LogP contribution in [0.2, 0.25) is 0 Å². The van der Waals surface area contributed by atoms with Crippen LogP contribution in [0, 0.1) is 11.6 Å². The standard InChI is InChI=1S/C19H12F2N2O3S/c1-10(17-22-23-18(26-17)11-5-7-12(20)8-6-11)25-19(24)16-9-13-14(21)3-2-4-15(13)27-16/h2-10H,1H3/t10-/m1/s1. The highest BCUT2D eigenvalue weighted by Gasteiger charge is 2.21. The lowest BCUT2D eigenvalue weighted by molar-refractivity contribution is 0.0286. The van der Waals surface area contributed by atoms with Crippen LogP contribution in [0.25, 0.3) is 21.5 Å². The maximum absolute atomic E-state index is 13.8. The Kier molecular flexibility index (Phi) is 4.41. The van der Waals surface area contributed by atoms with Crippen molar-refractivity contribution in [3.63, 3.8) is 0 Å². The van der Waals surface area contributed by atoms with Crippen molar-refractivity contribution in [3.8, 4) is 11.5 Å². The zero-order valence-electron chi connectivity index (χ0n) is 14.0. The highest BCUT2D eigenvalue weighted by Crippen LogP contribution is 2.30. The Morgan fingerprint density at radius 1 is 1.15 bits per heavy atom. The number of esters is 1. The minimum absolute atomic E-state index is 0.106. The molecule has 0 saturated heterocycles. The number of carbonyl (C=O) groups excluding carboxylic acids is 1. The van der Waals surface area contributed by atoms with Crippen LogP contribution in [0.3, 0.4) is 0 Å². The third kappa shape index (κ3) is 3.43. The molecule has 0 aliphatic carbocycles. The lowest BCUT2D eigenvalue weighted by Gasteiger charge is -2.07. The maximum Gasteiger partial charge on any atom is 0.349 e. The average Bonchev–Trinajstić information content (AvgIpc) is 3.30. The molecule has 0 N–H and O–H groups in total. The first-order chi connectivity index (χ1) is 13.0. The minimum Gasteiger partial charge on any atom is -0.448 e. The van der Waals surface area contributed by atoms with Gasteiger partial charge in [-0.15, -0.1) is 21.5 Å². The van der Waals surface area contributed by atoms with Gasteiger partial charge >= 0.3 is 5.97 Å². The second kappa shape index (κ2) is 6.88. The Labute approximate surface area is 156 Å². The number of aromatic nitrogens is 2. The molecule has 2 aromatic carbocycles. The lowest BCUT2D eigenvalue weighted by Crippen LogP contribution is -2.08. The molecule has 4 aromatic rings. The van der Waals surface area contributed by atoms with E-state index in [1.165, 1.54) is 36.4 Å². The molecule has 0 spiro atoms. The Balaban J connectivity index is 1.51. The fourth-order valence-electron chi connectivity index (χ4n) is 2.50. The van der Waals surface area contributed by atoms with E-state index in [2.05, 4.69) is 10.2 Å². The first-order valence-corrected chi connectivity index (χ1v) is 8.81. The number of nitrogens with zero attached hydrogens (tertiary/aromatic N) is 2. The SMILES string of the molecule is C[C@@H](OC(=O)c1cc2c(F)cccc2s1)c1nnc(-c2ccc(F)cc2)o1. The summed E-state index contributed by atoms with van der Waals surface area (Å²) in [6.45, 7) is 1.59. The van der Waals surface area contributed by atoms with Gasteiger partial charge < -0.3 is 9.15 Å². The molecule has 2 heterocycles. The molecule has 0 amide bonds. The molecule has 2 aromatic heterocycles. The van der Waals surface area contributed by atoms with Crippen LogP contribution >= 0.6 is 11.3 Å². The van der Waals surface area contributed by atoms with Crippen LogP contribution in [0.15, 0.2) is 52.9 Å². The van der Waals surface area contributed by atoms with E-state index in [0.29, 0.717) is 15.6 Å². The highest BCUT2D eigenvalue weighted by atomic mass is 32.1. The van der Waals surface area contributed by atoms with Gasteiger partial charge in [0.25, 0.3) is 5.89 Å². The van der Waals surface area contributed by atoms with E-state index < -0.39 is 17.9 Å². The van der Waals surface area contributed by atoms with Crippen molar-refractivity contribution >= 4 is 27.4 Å². The van der Waals surface area contributed by atoms with Gasteiger partial charge in [0, 0.05) is 15.6 Å². The van der Waals surface area contributed by atoms with Crippen LogP contribution in [-0.2, 0) is 4.74 Å². The zero-order valence-corrected chi connectivity index (χ0v) is 14.8. The molecule has 136 valence electrons. The number of hydrogen-bond donors (Lipinski definition) is 0. The smallest absolute Gasteiger partial charge is 0.349 e. The van der Waals surface area contributed by atoms with Crippen molar-refractivity contribution in [2.75, 3.05) is 0 Å². The number of thiophene rings is 1. The molecule has 1 atom stereocenters. The van der Waals surface area contributed by atoms with Crippen LogP contribution in [0.1, 0.15) is 28.6 Å². The van der Waals surface area contributed by atoms with E-state index in [4.69, 9.17) is 9.15 Å². The molecule has 0 radical (unpaired) electrons. The van der Waals surface area contributed by atoms with Crippen molar-refractivity contribution in [1.29, 1.82) is 0 Å². The van der Waals surface area contributed by atoms with Gasteiger partial charge in [-0.25, -0.2) is 13.6 Å². The molecule has 8 heteroatoms. The fraction of sp³-hybridized carbons (Fsp3) is 0.105. The quantitative estimate of drug-likeness (QED) is 0.454. The van der Waals surface area contributed by atoms with Gasteiger partial charge in [-0.2, -0.15) is 0 Å². The first-order valence-electron chi connectivity index (χ1n) is 7.99. The minimum atomic E-state index is -0.797. The third-order valence-electron chi connectivity index (χ3n) is 3.87. The molecular formula is C19H12F2N2O3S. The fourth-order valence-corrected chi connectivity index (χ4v) is 3.46. The molecule has 5 nitrogen and oxygen atoms in total. The molecule has 0 bridgehead atoms. The molecule has 0 aliphatic heterocycles. The van der Waals surface area contributed by atoms with Gasteiger partial charge in [-0.05, 0) is 49.4 Å². The summed E-state index contributed by atoms with van der Waals surface area (Å²) in [4.78, 5) is 12.6. The highest BCUT2D eigenvalue weighted by molar-refractivity contribution is 7.20. The maximum atomic E-state index is 13.8. The van der Waals surface area contributed by atoms with E-state index in [-0.39, 0.29) is 22.5 Å². The van der Waals surface area contributed by atoms with E-state index >= 15 is 0 Å². The Hall–Kier alpha value is -3.13. The molecule has 0 saturated carbocycles. The summed E-state index contributed by atoms with van der Waals surface area (Å²) < 4.78 is 38.3. The van der Waals surface area contributed by atoms with Crippen LogP contribution in [0.5, 0.6) is 0 Å². The number of hydrogen-bond acceptors (Lipinski definition) is 6. The second-order valence-electron chi connectivity index (χ2n) is 5.76. The summed E-state index contributed by atoms with van der Waals surface area (Å²) in [7, 11) is 0. The summed E-state index contributed by atoms with van der Waals surface area (Å²) >= 11 is 1.14. The van der Waals surface area contributed by atoms with Crippen LogP contribution < -0.4 is 0 Å². The van der Waals surface area contributed by atoms with E-state index in [1.807, 2.05) is 0 Å². The van der Waals surface area contributed by atoms with Gasteiger partial charge in [-0.3, -0.25) is 0 Å². The van der Waals surface area contributed by atoms with Gasteiger partial charge in [0.15, 0.2) is 6.10 Å². The van der Waals surface area contributed by atoms with Crippen molar-refractivity contribution in [1.82, 2.24) is 10.2 Å². The number of carbonyl (C=O) groups is 1. The molecular weight excluding hydrogens is 374 g/mol. The Morgan fingerprint density at radius 3 is 2.67 bits per heavy atom. The third-order valence-corrected chi connectivity index (χ3v) is 4.95. The summed E-state index contributed by atoms with van der Waals surface area (Å²) in [5, 5.41) is 8.13. The average molecular weight is 386 g/mol. The summed E-state index contributed by atoms with van der Waals surface area (Å²) in [6, 6.07) is 11.7. The molecule has 0 unspecified atom stereocenters. The topological polar surface area (TPSA) is 65.2 Å². The van der Waals surface area contributed by atoms with Gasteiger partial charge in [0.05, 0.1) is 0 Å². The molecule has 27 heavy (non-hydrogen) atoms. The lowest BCUT2D eigenvalue weighted by atomic mass is 10.2. The number of halogens is 2. The molecule has 4 rings (SSSR count). The summed E-state index contributed by atoms with van der Waals surface area (Å²) in [5.74, 6) is -1.08. The van der Waals surface area contributed by atoms with Crippen molar-refractivity contribution in [2.45, 2.75) is 13.0 Å². The van der Waals surface area contributed by atoms with Crippen molar-refractivity contribution < 1.29 is 22.7 Å². The van der Waals surface area contributed by atoms with Gasteiger partial charge in [0.2, 0.25) is 5.89 Å². The van der Waals surface area contributed by atoms with Gasteiger partial charge in [-0.1, -0.05) is 6.07 Å². The van der Waals surface area contributed by atoms with E-state index in [0.717, 1.165) is 11.3 Å². The number of ether oxygens (including phenoxy) is 1. The molecule has 0 aliphatic rings. The van der Waals surface area contributed by atoms with E-state index in [9.17, 15) is 13.6 Å². The van der Waals surface area contributed by atoms with Crippen LogP contribution in [-0.4, -0.2) is 16.2 Å². The van der Waals surface area contributed by atoms with Gasteiger partial charge in [0.1, 0.15) is 16.5 Å². The zero-order chi connectivity index (χ0) is 19.0. The summed E-state index contributed by atoms with van der Waals surface area (Å²) in [5.41, 5.74) is 0.550. The largest absolute Gasteiger partial charge is 0.448 e. The molecule has 0 fully saturated rings. The number of rotatable bonds is 4. The predicted octanol–water partition coefficient (Wildman–Crippen LogP) is 5.15. The van der Waals surface area contributed by atoms with Crippen molar-refractivity contribution in [3.05, 3.63) is 70.9 Å². The monoisotopic (exact) mass is 386 g/mol. The number of benzene rings is 2. The number of fused-ring (bicyclic) bond motifs is 1. The Morgan fingerprint density at radius 2 is 1.93 bits per heavy atom.